The average molecular weight is 508 g/mol. The zero-order valence-electron chi connectivity index (χ0n) is 20.6. The van der Waals surface area contributed by atoms with E-state index in [1.54, 1.807) is 0 Å². The number of nitrogens with zero attached hydrogens (tertiary/aromatic N) is 4. The fourth-order valence-electron chi connectivity index (χ4n) is 5.17. The van der Waals surface area contributed by atoms with Crippen molar-refractivity contribution in [3.05, 3.63) is 65.3 Å². The molecule has 1 aliphatic rings. The molecule has 0 saturated carbocycles. The van der Waals surface area contributed by atoms with Gasteiger partial charge in [0.1, 0.15) is 11.6 Å². The summed E-state index contributed by atoms with van der Waals surface area (Å²) in [7, 11) is 0. The van der Waals surface area contributed by atoms with Gasteiger partial charge in [0.25, 0.3) is 0 Å². The molecular weight excluding hydrogens is 480 g/mol. The Morgan fingerprint density at radius 3 is 2.68 bits per heavy atom. The molecule has 37 heavy (non-hydrogen) atoms. The van der Waals surface area contributed by atoms with Gasteiger partial charge in [-0.1, -0.05) is 11.2 Å². The van der Waals surface area contributed by atoms with Crippen molar-refractivity contribution in [3.63, 3.8) is 0 Å². The first-order valence-electron chi connectivity index (χ1n) is 12.2. The van der Waals surface area contributed by atoms with E-state index in [0.29, 0.717) is 49.3 Å². The molecule has 1 atom stereocenters. The molecule has 4 aromatic rings. The number of piperidine rings is 1. The average Bonchev–Trinajstić information content (AvgIpc) is 3.39. The van der Waals surface area contributed by atoms with Gasteiger partial charge in [-0.15, -0.1) is 0 Å². The van der Waals surface area contributed by atoms with Gasteiger partial charge in [0.05, 0.1) is 22.8 Å². The number of rotatable bonds is 7. The zero-order chi connectivity index (χ0) is 26.3. The van der Waals surface area contributed by atoms with E-state index in [9.17, 15) is 18.4 Å². The summed E-state index contributed by atoms with van der Waals surface area (Å²) in [6, 6.07) is 8.84. The quantitative estimate of drug-likeness (QED) is 0.374. The highest BCUT2D eigenvalue weighted by Gasteiger charge is 2.34. The second kappa shape index (κ2) is 9.76. The molecule has 1 saturated heterocycles. The van der Waals surface area contributed by atoms with Gasteiger partial charge in [0.2, 0.25) is 11.8 Å². The number of hydrogen-bond acceptors (Lipinski definition) is 5. The van der Waals surface area contributed by atoms with Crippen LogP contribution in [0.15, 0.2) is 40.9 Å². The van der Waals surface area contributed by atoms with Crippen LogP contribution in [0.25, 0.3) is 22.2 Å². The van der Waals surface area contributed by atoms with Crippen molar-refractivity contribution in [1.29, 1.82) is 0 Å². The number of halogens is 2. The van der Waals surface area contributed by atoms with Crippen molar-refractivity contribution in [3.8, 4) is 11.1 Å². The fraction of sp³-hybridized carbons (Fsp3) is 0.333. The highest BCUT2D eigenvalue weighted by Crippen LogP contribution is 2.38. The van der Waals surface area contributed by atoms with Gasteiger partial charge in [-0.3, -0.25) is 9.59 Å². The Kier molecular flexibility index (Phi) is 6.49. The molecule has 3 heterocycles. The largest absolute Gasteiger partial charge is 0.370 e. The van der Waals surface area contributed by atoms with E-state index < -0.39 is 23.6 Å². The Morgan fingerprint density at radius 1 is 1.16 bits per heavy atom. The molecule has 0 radical (unpaired) electrons. The molecule has 5 rings (SSSR count). The molecular formula is C27H27F2N5O3. The van der Waals surface area contributed by atoms with Crippen molar-refractivity contribution >= 4 is 28.5 Å². The van der Waals surface area contributed by atoms with Gasteiger partial charge in [-0.05, 0) is 62.9 Å². The number of hydrogen-bond donors (Lipinski definition) is 1. The van der Waals surface area contributed by atoms with Crippen molar-refractivity contribution in [2.45, 2.75) is 58.5 Å². The molecule has 2 N–H and O–H groups in total. The summed E-state index contributed by atoms with van der Waals surface area (Å²) >= 11 is 0. The number of carbonyl (C=O) groups is 2. The van der Waals surface area contributed by atoms with E-state index in [0.717, 1.165) is 34.5 Å². The molecule has 0 unspecified atom stereocenters. The standard InChI is InChI=1S/C27H27F2N5O3/c1-15-26(16(2)37-32-15)17-8-11-22-21(13-17)31-27(33(22)12-4-6-24(30)35)23-5-3-7-25(36)34(23)18-9-10-19(28)20(29)14-18/h8-11,13-14,23H,3-7,12H2,1-2H3,(H2,30,35)/t23-/m0/s1. The molecule has 1 fully saturated rings. The third-order valence-corrected chi connectivity index (χ3v) is 6.83. The first kappa shape index (κ1) is 24.6. The second-order valence-electron chi connectivity index (χ2n) is 9.36. The highest BCUT2D eigenvalue weighted by atomic mass is 19.2. The monoisotopic (exact) mass is 507 g/mol. The maximum Gasteiger partial charge on any atom is 0.227 e. The van der Waals surface area contributed by atoms with Crippen LogP contribution < -0.4 is 10.6 Å². The van der Waals surface area contributed by atoms with Crippen LogP contribution in [0.2, 0.25) is 0 Å². The summed E-state index contributed by atoms with van der Waals surface area (Å²) in [5, 5.41) is 4.05. The number of imidazole rings is 1. The minimum Gasteiger partial charge on any atom is -0.370 e. The lowest BCUT2D eigenvalue weighted by Gasteiger charge is -2.35. The van der Waals surface area contributed by atoms with Gasteiger partial charge in [0, 0.05) is 36.7 Å². The molecule has 2 amide bonds. The molecule has 2 aromatic heterocycles. The smallest absolute Gasteiger partial charge is 0.227 e. The van der Waals surface area contributed by atoms with Gasteiger partial charge >= 0.3 is 0 Å². The Hall–Kier alpha value is -4.08. The van der Waals surface area contributed by atoms with Crippen molar-refractivity contribution < 1.29 is 22.9 Å². The van der Waals surface area contributed by atoms with Crippen LogP contribution in [0.3, 0.4) is 0 Å². The number of carbonyl (C=O) groups excluding carboxylic acids is 2. The van der Waals surface area contributed by atoms with E-state index in [1.165, 1.54) is 11.0 Å². The van der Waals surface area contributed by atoms with Gasteiger partial charge in [-0.25, -0.2) is 13.8 Å². The number of nitrogens with two attached hydrogens (primary N) is 1. The third-order valence-electron chi connectivity index (χ3n) is 6.83. The summed E-state index contributed by atoms with van der Waals surface area (Å²) < 4.78 is 35.1. The van der Waals surface area contributed by atoms with Crippen molar-refractivity contribution in [2.75, 3.05) is 4.90 Å². The summed E-state index contributed by atoms with van der Waals surface area (Å²) in [5.74, 6) is -1.27. The predicted octanol–water partition coefficient (Wildman–Crippen LogP) is 5.11. The lowest BCUT2D eigenvalue weighted by atomic mass is 9.99. The first-order chi connectivity index (χ1) is 17.7. The summed E-state index contributed by atoms with van der Waals surface area (Å²) in [4.78, 5) is 31.0. The van der Waals surface area contributed by atoms with Gasteiger partial charge in [0.15, 0.2) is 11.6 Å². The Bertz CT molecular complexity index is 1490. The summed E-state index contributed by atoms with van der Waals surface area (Å²) in [5.41, 5.74) is 9.74. The molecule has 10 heteroatoms. The van der Waals surface area contributed by atoms with Gasteiger partial charge < -0.3 is 19.7 Å². The number of benzene rings is 2. The van der Waals surface area contributed by atoms with E-state index in [-0.39, 0.29) is 18.0 Å². The fourth-order valence-corrected chi connectivity index (χ4v) is 5.17. The number of fused-ring (bicyclic) bond motifs is 1. The number of anilines is 1. The van der Waals surface area contributed by atoms with E-state index >= 15 is 0 Å². The molecule has 8 nitrogen and oxygen atoms in total. The van der Waals surface area contributed by atoms with Crippen molar-refractivity contribution in [2.24, 2.45) is 5.73 Å². The Labute approximate surface area is 212 Å². The van der Waals surface area contributed by atoms with E-state index in [4.69, 9.17) is 15.2 Å². The van der Waals surface area contributed by atoms with Crippen LogP contribution in [-0.4, -0.2) is 26.5 Å². The van der Waals surface area contributed by atoms with E-state index in [1.807, 2.05) is 36.6 Å². The second-order valence-corrected chi connectivity index (χ2v) is 9.36. The van der Waals surface area contributed by atoms with E-state index in [2.05, 4.69) is 5.16 Å². The minimum absolute atomic E-state index is 0.186. The highest BCUT2D eigenvalue weighted by molar-refractivity contribution is 5.95. The van der Waals surface area contributed by atoms with Crippen LogP contribution in [0.4, 0.5) is 14.5 Å². The Morgan fingerprint density at radius 2 is 1.97 bits per heavy atom. The number of primary amides is 1. The topological polar surface area (TPSA) is 107 Å². The van der Waals surface area contributed by atoms with Crippen LogP contribution in [0.5, 0.6) is 0 Å². The normalized spacial score (nSPS) is 16.1. The molecule has 0 aliphatic carbocycles. The summed E-state index contributed by atoms with van der Waals surface area (Å²) in [6.45, 7) is 4.17. The number of aromatic nitrogens is 3. The Balaban J connectivity index is 1.64. The number of aryl methyl sites for hydroxylation is 3. The minimum atomic E-state index is -1.02. The lowest BCUT2D eigenvalue weighted by molar-refractivity contribution is -0.120. The third kappa shape index (κ3) is 4.59. The molecule has 1 aliphatic heterocycles. The summed E-state index contributed by atoms with van der Waals surface area (Å²) in [6.07, 6.45) is 2.23. The maximum atomic E-state index is 14.1. The maximum absolute atomic E-state index is 14.1. The molecule has 192 valence electrons. The first-order valence-corrected chi connectivity index (χ1v) is 12.2. The molecule has 2 aromatic carbocycles. The van der Waals surface area contributed by atoms with Crippen LogP contribution in [0.1, 0.15) is 55.4 Å². The predicted molar refractivity (Wildman–Crippen MR) is 134 cm³/mol. The van der Waals surface area contributed by atoms with Gasteiger partial charge in [-0.2, -0.15) is 0 Å². The van der Waals surface area contributed by atoms with Crippen LogP contribution in [0, 0.1) is 25.5 Å². The lowest BCUT2D eigenvalue weighted by Crippen LogP contribution is -2.39. The van der Waals surface area contributed by atoms with Crippen molar-refractivity contribution in [1.82, 2.24) is 14.7 Å². The molecule has 0 spiro atoms. The van der Waals surface area contributed by atoms with Crippen LogP contribution in [-0.2, 0) is 16.1 Å². The SMILES string of the molecule is Cc1noc(C)c1-c1ccc2c(c1)nc([C@@H]1CCCC(=O)N1c1ccc(F)c(F)c1)n2CCCC(N)=O. The molecule has 0 bridgehead atoms. The zero-order valence-corrected chi connectivity index (χ0v) is 20.6. The van der Waals surface area contributed by atoms with Crippen LogP contribution >= 0.6 is 0 Å². The number of amides is 2.